The van der Waals surface area contributed by atoms with Gasteiger partial charge < -0.3 is 18.9 Å². The van der Waals surface area contributed by atoms with Crippen LogP contribution in [0.2, 0.25) is 0 Å². The van der Waals surface area contributed by atoms with Crippen molar-refractivity contribution in [3.8, 4) is 0 Å². The summed E-state index contributed by atoms with van der Waals surface area (Å²) in [6.07, 6.45) is 6.75. The lowest BCUT2D eigenvalue weighted by Crippen LogP contribution is -2.63. The summed E-state index contributed by atoms with van der Waals surface area (Å²) in [5, 5.41) is 0. The Morgan fingerprint density at radius 2 is 1.80 bits per heavy atom. The second-order valence-electron chi connectivity index (χ2n) is 6.66. The first kappa shape index (κ1) is 13.0. The summed E-state index contributed by atoms with van der Waals surface area (Å²) in [6.45, 7) is 5.60. The van der Waals surface area contributed by atoms with E-state index in [0.717, 1.165) is 0 Å². The van der Waals surface area contributed by atoms with E-state index in [1.807, 2.05) is 0 Å². The largest absolute Gasteiger partial charge is 0.384 e. The molecule has 4 rings (SSSR count). The van der Waals surface area contributed by atoms with Crippen LogP contribution in [0.4, 0.5) is 0 Å². The minimum absolute atomic E-state index is 0.0428. The molecule has 6 atom stereocenters. The molecule has 0 N–H and O–H groups in total. The van der Waals surface area contributed by atoms with Crippen molar-refractivity contribution in [1.82, 2.24) is 0 Å². The highest BCUT2D eigenvalue weighted by atomic mass is 16.6. The highest BCUT2D eigenvalue weighted by molar-refractivity contribution is 5.46. The molecule has 4 nitrogen and oxygen atoms in total. The predicted molar refractivity (Wildman–Crippen MR) is 73.5 cm³/mol. The zero-order chi connectivity index (χ0) is 14.2. The Morgan fingerprint density at radius 1 is 1.10 bits per heavy atom. The number of hydrogen-bond donors (Lipinski definition) is 0. The minimum Gasteiger partial charge on any atom is -0.384 e. The molecule has 4 heterocycles. The molecule has 0 aromatic carbocycles. The van der Waals surface area contributed by atoms with E-state index in [4.69, 9.17) is 18.9 Å². The zero-order valence-corrected chi connectivity index (χ0v) is 12.5. The smallest absolute Gasteiger partial charge is 0.0984 e. The lowest BCUT2D eigenvalue weighted by Gasteiger charge is -2.52. The summed E-state index contributed by atoms with van der Waals surface area (Å²) < 4.78 is 24.0. The van der Waals surface area contributed by atoms with Crippen LogP contribution >= 0.6 is 0 Å². The van der Waals surface area contributed by atoms with Crippen molar-refractivity contribution < 1.29 is 18.9 Å². The molecule has 4 heteroatoms. The van der Waals surface area contributed by atoms with Crippen LogP contribution in [-0.2, 0) is 18.9 Å². The van der Waals surface area contributed by atoms with Crippen LogP contribution in [0.1, 0.15) is 13.8 Å². The van der Waals surface area contributed by atoms with Crippen molar-refractivity contribution in [1.29, 1.82) is 0 Å². The van der Waals surface area contributed by atoms with Gasteiger partial charge in [0.05, 0.1) is 48.0 Å². The van der Waals surface area contributed by atoms with Gasteiger partial charge in [0.25, 0.3) is 0 Å². The third-order valence-corrected chi connectivity index (χ3v) is 6.21. The second kappa shape index (κ2) is 3.74. The van der Waals surface area contributed by atoms with Crippen molar-refractivity contribution in [2.75, 3.05) is 27.4 Å². The van der Waals surface area contributed by atoms with E-state index in [2.05, 4.69) is 32.1 Å². The Hall–Kier alpha value is -0.680. The fourth-order valence-corrected chi connectivity index (χ4v) is 5.27. The van der Waals surface area contributed by atoms with E-state index >= 15 is 0 Å². The van der Waals surface area contributed by atoms with Crippen molar-refractivity contribution >= 4 is 0 Å². The molecule has 0 aromatic heterocycles. The lowest BCUT2D eigenvalue weighted by molar-refractivity contribution is -0.0929. The number of ether oxygens (including phenoxy) is 4. The maximum atomic E-state index is 6.46. The van der Waals surface area contributed by atoms with Gasteiger partial charge in [0.1, 0.15) is 0 Å². The Balaban J connectivity index is 1.96. The van der Waals surface area contributed by atoms with Crippen LogP contribution in [-0.4, -0.2) is 51.3 Å². The van der Waals surface area contributed by atoms with Gasteiger partial charge in [-0.15, -0.1) is 0 Å². The molecule has 4 bridgehead atoms. The average Bonchev–Trinajstić information content (AvgIpc) is 3.09. The molecule has 0 saturated carbocycles. The Labute approximate surface area is 119 Å². The molecule has 0 unspecified atom stereocenters. The van der Waals surface area contributed by atoms with Gasteiger partial charge in [0, 0.05) is 14.2 Å². The zero-order valence-electron chi connectivity index (χ0n) is 12.5. The molecule has 4 aliphatic rings. The molecule has 2 fully saturated rings. The van der Waals surface area contributed by atoms with Crippen LogP contribution in [0, 0.1) is 10.8 Å². The topological polar surface area (TPSA) is 36.9 Å². The monoisotopic (exact) mass is 278 g/mol. The second-order valence-corrected chi connectivity index (χ2v) is 6.66. The number of rotatable bonds is 4. The van der Waals surface area contributed by atoms with Crippen LogP contribution in [0.5, 0.6) is 0 Å². The fraction of sp³-hybridized carbons (Fsp3) is 0.750. The van der Waals surface area contributed by atoms with Gasteiger partial charge in [-0.05, 0) is 19.4 Å². The number of hydrogen-bond acceptors (Lipinski definition) is 4. The molecule has 20 heavy (non-hydrogen) atoms. The Bertz CT molecular complexity index is 513. The molecule has 0 radical (unpaired) electrons. The highest BCUT2D eigenvalue weighted by Crippen LogP contribution is 2.73. The summed E-state index contributed by atoms with van der Waals surface area (Å²) in [5.41, 5.74) is 0.575. The average molecular weight is 278 g/mol. The first-order chi connectivity index (χ1) is 9.56. The summed E-state index contributed by atoms with van der Waals surface area (Å²) in [5.74, 6) is 0. The molecular weight excluding hydrogens is 256 g/mol. The van der Waals surface area contributed by atoms with E-state index in [-0.39, 0.29) is 34.7 Å². The standard InChI is InChI=1S/C16H22O4/c1-10-7-13-15(8-17-3)11-5-6-12(19-11)16(15,9-18-4)14(10,2)20-13/h5-7,11-13H,8-9H2,1-4H3/t11-,12+,13+,14-,15+,16-/m0/s1. The first-order valence-corrected chi connectivity index (χ1v) is 7.25. The summed E-state index contributed by atoms with van der Waals surface area (Å²) in [4.78, 5) is 0. The third-order valence-electron chi connectivity index (χ3n) is 6.21. The van der Waals surface area contributed by atoms with Crippen molar-refractivity contribution in [3.63, 3.8) is 0 Å². The molecule has 4 aliphatic heterocycles. The van der Waals surface area contributed by atoms with E-state index in [0.29, 0.717) is 13.2 Å². The van der Waals surface area contributed by atoms with Gasteiger partial charge in [-0.1, -0.05) is 18.2 Å². The van der Waals surface area contributed by atoms with Gasteiger partial charge in [0.2, 0.25) is 0 Å². The quantitative estimate of drug-likeness (QED) is 0.734. The van der Waals surface area contributed by atoms with Crippen LogP contribution < -0.4 is 0 Å². The van der Waals surface area contributed by atoms with E-state index in [1.54, 1.807) is 14.2 Å². The Morgan fingerprint density at radius 3 is 2.50 bits per heavy atom. The molecule has 0 aromatic rings. The fourth-order valence-electron chi connectivity index (χ4n) is 5.27. The third kappa shape index (κ3) is 1.02. The van der Waals surface area contributed by atoms with E-state index in [9.17, 15) is 0 Å². The van der Waals surface area contributed by atoms with E-state index < -0.39 is 0 Å². The van der Waals surface area contributed by atoms with Crippen molar-refractivity contribution in [3.05, 3.63) is 23.8 Å². The van der Waals surface area contributed by atoms with Crippen molar-refractivity contribution in [2.24, 2.45) is 10.8 Å². The van der Waals surface area contributed by atoms with Gasteiger partial charge in [-0.25, -0.2) is 0 Å². The molecule has 2 saturated heterocycles. The molecule has 110 valence electrons. The lowest BCUT2D eigenvalue weighted by atomic mass is 9.48. The normalized spacial score (nSPS) is 54.6. The summed E-state index contributed by atoms with van der Waals surface area (Å²) >= 11 is 0. The van der Waals surface area contributed by atoms with Crippen LogP contribution in [0.25, 0.3) is 0 Å². The minimum atomic E-state index is -0.337. The SMILES string of the molecule is COC[C@]12[C@@H]3C=C[C@@H](O3)[C@@]1(COC)[C@@]1(C)O[C@@H]2C=C1C. The maximum Gasteiger partial charge on any atom is 0.0984 e. The molecule has 0 spiro atoms. The molecular formula is C16H22O4. The molecule has 0 aliphatic carbocycles. The number of fused-ring (bicyclic) bond motifs is 9. The van der Waals surface area contributed by atoms with Gasteiger partial charge in [0.15, 0.2) is 0 Å². The Kier molecular flexibility index (Phi) is 2.44. The maximum absolute atomic E-state index is 6.46. The summed E-state index contributed by atoms with van der Waals surface area (Å²) in [7, 11) is 3.52. The van der Waals surface area contributed by atoms with Crippen LogP contribution in [0.15, 0.2) is 23.8 Å². The van der Waals surface area contributed by atoms with Crippen molar-refractivity contribution in [2.45, 2.75) is 37.8 Å². The summed E-state index contributed by atoms with van der Waals surface area (Å²) in [6, 6.07) is 0. The predicted octanol–water partition coefficient (Wildman–Crippen LogP) is 1.71. The van der Waals surface area contributed by atoms with Gasteiger partial charge >= 0.3 is 0 Å². The molecule has 0 amide bonds. The highest BCUT2D eigenvalue weighted by Gasteiger charge is 2.83. The first-order valence-electron chi connectivity index (χ1n) is 7.25. The van der Waals surface area contributed by atoms with Gasteiger partial charge in [-0.3, -0.25) is 0 Å². The number of methoxy groups -OCH3 is 2. The van der Waals surface area contributed by atoms with E-state index in [1.165, 1.54) is 5.57 Å². The van der Waals surface area contributed by atoms with Gasteiger partial charge in [-0.2, -0.15) is 0 Å². The van der Waals surface area contributed by atoms with Crippen LogP contribution in [0.3, 0.4) is 0 Å².